The molecule has 6 nitrogen and oxygen atoms in total. The molecule has 1 aromatic carbocycles. The Labute approximate surface area is 165 Å². The summed E-state index contributed by atoms with van der Waals surface area (Å²) in [5.41, 5.74) is 2.83. The van der Waals surface area contributed by atoms with Crippen molar-refractivity contribution in [2.75, 3.05) is 5.32 Å². The van der Waals surface area contributed by atoms with E-state index in [2.05, 4.69) is 37.3 Å². The van der Waals surface area contributed by atoms with Gasteiger partial charge in [-0.05, 0) is 65.2 Å². The van der Waals surface area contributed by atoms with Crippen LogP contribution < -0.4 is 10.1 Å². The standard InChI is InChI=1S/C20H14BrN5O/c1-12-5-15(9-23)6-13(2)20(12)27-17-7-19(25-11-16(17)21)26-18-4-3-14(8-22)10-24-18/h3-7,10-11H,1-2H3,(H,24,25,26). The van der Waals surface area contributed by atoms with Crippen LogP contribution in [0.5, 0.6) is 11.5 Å². The molecule has 0 saturated heterocycles. The van der Waals surface area contributed by atoms with Crippen LogP contribution in [0.25, 0.3) is 0 Å². The van der Waals surface area contributed by atoms with Gasteiger partial charge in [-0.2, -0.15) is 10.5 Å². The molecular weight excluding hydrogens is 406 g/mol. The van der Waals surface area contributed by atoms with Crippen molar-refractivity contribution in [1.29, 1.82) is 10.5 Å². The minimum Gasteiger partial charge on any atom is -0.455 e. The molecule has 2 aromatic heterocycles. The Morgan fingerprint density at radius 1 is 0.926 bits per heavy atom. The molecule has 0 unspecified atom stereocenters. The average Bonchev–Trinajstić information content (AvgIpc) is 2.67. The second-order valence-corrected chi connectivity index (χ2v) is 6.68. The van der Waals surface area contributed by atoms with Crippen LogP contribution >= 0.6 is 15.9 Å². The predicted octanol–water partition coefficient (Wildman–Crippen LogP) is 5.14. The van der Waals surface area contributed by atoms with Crippen LogP contribution in [0.15, 0.2) is 47.2 Å². The van der Waals surface area contributed by atoms with Gasteiger partial charge < -0.3 is 10.1 Å². The first-order valence-electron chi connectivity index (χ1n) is 7.98. The van der Waals surface area contributed by atoms with E-state index in [1.54, 1.807) is 36.5 Å². The Bertz CT molecular complexity index is 1060. The summed E-state index contributed by atoms with van der Waals surface area (Å²) in [4.78, 5) is 8.48. The minimum absolute atomic E-state index is 0.486. The second kappa shape index (κ2) is 7.86. The van der Waals surface area contributed by atoms with Crippen molar-refractivity contribution in [3.05, 3.63) is 69.5 Å². The molecule has 0 aliphatic heterocycles. The molecule has 0 aliphatic carbocycles. The predicted molar refractivity (Wildman–Crippen MR) is 105 cm³/mol. The van der Waals surface area contributed by atoms with E-state index < -0.39 is 0 Å². The maximum Gasteiger partial charge on any atom is 0.146 e. The largest absolute Gasteiger partial charge is 0.455 e. The third kappa shape index (κ3) is 4.22. The second-order valence-electron chi connectivity index (χ2n) is 5.82. The lowest BCUT2D eigenvalue weighted by Crippen LogP contribution is -1.98. The van der Waals surface area contributed by atoms with Crippen molar-refractivity contribution in [1.82, 2.24) is 9.97 Å². The summed E-state index contributed by atoms with van der Waals surface area (Å²) in [7, 11) is 0. The number of hydrogen-bond acceptors (Lipinski definition) is 6. The van der Waals surface area contributed by atoms with E-state index in [9.17, 15) is 0 Å². The van der Waals surface area contributed by atoms with E-state index in [4.69, 9.17) is 15.3 Å². The number of benzene rings is 1. The molecule has 0 bridgehead atoms. The number of nitrogens with one attached hydrogen (secondary N) is 1. The molecule has 1 N–H and O–H groups in total. The fourth-order valence-electron chi connectivity index (χ4n) is 2.52. The van der Waals surface area contributed by atoms with Crippen LogP contribution in [-0.4, -0.2) is 9.97 Å². The Hall–Kier alpha value is -3.42. The monoisotopic (exact) mass is 419 g/mol. The number of nitrogens with zero attached hydrogens (tertiary/aromatic N) is 4. The van der Waals surface area contributed by atoms with E-state index in [-0.39, 0.29) is 0 Å². The van der Waals surface area contributed by atoms with Crippen LogP contribution in [0.3, 0.4) is 0 Å². The van der Waals surface area contributed by atoms with Crippen molar-refractivity contribution in [3.8, 4) is 23.6 Å². The number of pyridine rings is 2. The highest BCUT2D eigenvalue weighted by Crippen LogP contribution is 2.35. The van der Waals surface area contributed by atoms with Crippen LogP contribution in [0, 0.1) is 36.5 Å². The molecule has 132 valence electrons. The molecule has 0 spiro atoms. The summed E-state index contributed by atoms with van der Waals surface area (Å²) in [6.07, 6.45) is 3.12. The molecule has 0 amide bonds. The van der Waals surface area contributed by atoms with E-state index in [0.29, 0.717) is 38.7 Å². The minimum atomic E-state index is 0.486. The van der Waals surface area contributed by atoms with Crippen molar-refractivity contribution in [3.63, 3.8) is 0 Å². The van der Waals surface area contributed by atoms with Gasteiger partial charge in [0, 0.05) is 18.5 Å². The maximum absolute atomic E-state index is 9.08. The van der Waals surface area contributed by atoms with Gasteiger partial charge in [0.25, 0.3) is 0 Å². The molecule has 0 radical (unpaired) electrons. The zero-order valence-corrected chi connectivity index (χ0v) is 16.2. The quantitative estimate of drug-likeness (QED) is 0.629. The van der Waals surface area contributed by atoms with Crippen LogP contribution in [0.2, 0.25) is 0 Å². The van der Waals surface area contributed by atoms with Crippen molar-refractivity contribution in [2.45, 2.75) is 13.8 Å². The third-order valence-corrected chi connectivity index (χ3v) is 4.37. The highest BCUT2D eigenvalue weighted by atomic mass is 79.9. The molecule has 7 heteroatoms. The lowest BCUT2D eigenvalue weighted by atomic mass is 10.1. The molecule has 0 aliphatic rings. The highest BCUT2D eigenvalue weighted by Gasteiger charge is 2.12. The highest BCUT2D eigenvalue weighted by molar-refractivity contribution is 9.10. The molecule has 3 rings (SSSR count). The fraction of sp³-hybridized carbons (Fsp3) is 0.100. The third-order valence-electron chi connectivity index (χ3n) is 3.77. The summed E-state index contributed by atoms with van der Waals surface area (Å²) in [6, 6.07) is 12.9. The smallest absolute Gasteiger partial charge is 0.146 e. The molecule has 0 saturated carbocycles. The zero-order chi connectivity index (χ0) is 19.4. The van der Waals surface area contributed by atoms with Gasteiger partial charge in [0.15, 0.2) is 0 Å². The average molecular weight is 420 g/mol. The number of ether oxygens (including phenoxy) is 1. The van der Waals surface area contributed by atoms with Gasteiger partial charge in [0.05, 0.1) is 21.7 Å². The van der Waals surface area contributed by atoms with Crippen molar-refractivity contribution >= 4 is 27.6 Å². The molecule has 3 aromatic rings. The summed E-state index contributed by atoms with van der Waals surface area (Å²) in [6.45, 7) is 3.80. The van der Waals surface area contributed by atoms with Gasteiger partial charge in [0.2, 0.25) is 0 Å². The Morgan fingerprint density at radius 2 is 1.59 bits per heavy atom. The van der Waals surface area contributed by atoms with Crippen LogP contribution in [-0.2, 0) is 0 Å². The maximum atomic E-state index is 9.08. The Kier molecular flexibility index (Phi) is 5.35. The molecule has 0 atom stereocenters. The number of rotatable bonds is 4. The lowest BCUT2D eigenvalue weighted by molar-refractivity contribution is 0.471. The van der Waals surface area contributed by atoms with Gasteiger partial charge in [0.1, 0.15) is 29.2 Å². The zero-order valence-electron chi connectivity index (χ0n) is 14.6. The summed E-state index contributed by atoms with van der Waals surface area (Å²) in [5.74, 6) is 2.40. The Morgan fingerprint density at radius 3 is 2.19 bits per heavy atom. The van der Waals surface area contributed by atoms with E-state index >= 15 is 0 Å². The lowest BCUT2D eigenvalue weighted by Gasteiger charge is -2.14. The number of nitriles is 2. The van der Waals surface area contributed by atoms with Gasteiger partial charge >= 0.3 is 0 Å². The number of aromatic nitrogens is 2. The first-order chi connectivity index (χ1) is 13.0. The van der Waals surface area contributed by atoms with Gasteiger partial charge in [-0.3, -0.25) is 0 Å². The van der Waals surface area contributed by atoms with E-state index in [0.717, 1.165) is 11.1 Å². The SMILES string of the molecule is Cc1cc(C#N)cc(C)c1Oc1cc(Nc2ccc(C#N)cn2)ncc1Br. The summed E-state index contributed by atoms with van der Waals surface area (Å²) in [5, 5.41) is 21.0. The normalized spacial score (nSPS) is 9.96. The topological polar surface area (TPSA) is 94.6 Å². The van der Waals surface area contributed by atoms with Crippen LogP contribution in [0.1, 0.15) is 22.3 Å². The Balaban J connectivity index is 1.88. The number of aryl methyl sites for hydroxylation is 2. The van der Waals surface area contributed by atoms with E-state index in [1.165, 1.54) is 6.20 Å². The molecular formula is C20H14BrN5O. The van der Waals surface area contributed by atoms with Gasteiger partial charge in [-0.25, -0.2) is 9.97 Å². The number of hydrogen-bond donors (Lipinski definition) is 1. The van der Waals surface area contributed by atoms with Crippen molar-refractivity contribution < 1.29 is 4.74 Å². The molecule has 0 fully saturated rings. The number of halogens is 1. The molecule has 2 heterocycles. The summed E-state index contributed by atoms with van der Waals surface area (Å²) >= 11 is 3.45. The number of anilines is 2. The van der Waals surface area contributed by atoms with Crippen LogP contribution in [0.4, 0.5) is 11.6 Å². The van der Waals surface area contributed by atoms with E-state index in [1.807, 2.05) is 19.9 Å². The first kappa shape index (κ1) is 18.4. The first-order valence-corrected chi connectivity index (χ1v) is 8.77. The molecule has 27 heavy (non-hydrogen) atoms. The van der Waals surface area contributed by atoms with Crippen molar-refractivity contribution in [2.24, 2.45) is 0 Å². The van der Waals surface area contributed by atoms with Gasteiger partial charge in [-0.1, -0.05) is 0 Å². The summed E-state index contributed by atoms with van der Waals surface area (Å²) < 4.78 is 6.78. The van der Waals surface area contributed by atoms with Gasteiger partial charge in [-0.15, -0.1) is 0 Å². The fourth-order valence-corrected chi connectivity index (χ4v) is 2.82.